The molecule has 1 aromatic rings. The van der Waals surface area contributed by atoms with Gasteiger partial charge in [0.05, 0.1) is 11.5 Å². The summed E-state index contributed by atoms with van der Waals surface area (Å²) in [6.07, 6.45) is 5.08. The average Bonchev–Trinajstić information content (AvgIpc) is 2.34. The number of amides is 1. The van der Waals surface area contributed by atoms with Crippen molar-refractivity contribution in [2.75, 3.05) is 26.0 Å². The topological polar surface area (TPSA) is 75.5 Å². The van der Waals surface area contributed by atoms with Gasteiger partial charge < -0.3 is 10.2 Å². The Labute approximate surface area is 105 Å². The molecular formula is C12H13N3O3. The second-order valence-electron chi connectivity index (χ2n) is 3.75. The number of hydrogen-bond acceptors (Lipinski definition) is 4. The van der Waals surface area contributed by atoms with Crippen molar-refractivity contribution in [2.24, 2.45) is 0 Å². The molecular weight excluding hydrogens is 234 g/mol. The molecule has 0 aromatic heterocycles. The summed E-state index contributed by atoms with van der Waals surface area (Å²) in [6, 6.07) is 4.24. The second-order valence-corrected chi connectivity index (χ2v) is 3.75. The maximum absolute atomic E-state index is 11.7. The third kappa shape index (κ3) is 2.98. The van der Waals surface area contributed by atoms with Crippen LogP contribution in [0.5, 0.6) is 0 Å². The number of carbonyl (C=O) groups is 1. The monoisotopic (exact) mass is 247 g/mol. The number of nitro groups is 1. The van der Waals surface area contributed by atoms with Crippen LogP contribution in [0.2, 0.25) is 0 Å². The van der Waals surface area contributed by atoms with E-state index in [0.29, 0.717) is 5.69 Å². The van der Waals surface area contributed by atoms with Gasteiger partial charge in [0.1, 0.15) is 5.69 Å². The van der Waals surface area contributed by atoms with Gasteiger partial charge in [-0.3, -0.25) is 14.9 Å². The van der Waals surface area contributed by atoms with Gasteiger partial charge in [0, 0.05) is 25.7 Å². The zero-order valence-corrected chi connectivity index (χ0v) is 10.1. The summed E-state index contributed by atoms with van der Waals surface area (Å²) >= 11 is 0. The first-order valence-electron chi connectivity index (χ1n) is 5.14. The van der Waals surface area contributed by atoms with Crippen molar-refractivity contribution in [3.8, 4) is 12.3 Å². The van der Waals surface area contributed by atoms with E-state index in [1.807, 2.05) is 0 Å². The molecule has 0 fully saturated rings. The lowest BCUT2D eigenvalue weighted by Crippen LogP contribution is -2.21. The van der Waals surface area contributed by atoms with Gasteiger partial charge in [-0.05, 0) is 12.1 Å². The smallest absolute Gasteiger partial charge is 0.293 e. The van der Waals surface area contributed by atoms with Crippen molar-refractivity contribution in [1.29, 1.82) is 0 Å². The van der Waals surface area contributed by atoms with Gasteiger partial charge in [-0.25, -0.2) is 0 Å². The first kappa shape index (κ1) is 13.5. The van der Waals surface area contributed by atoms with E-state index in [1.165, 1.54) is 23.1 Å². The summed E-state index contributed by atoms with van der Waals surface area (Å²) in [5, 5.41) is 13.7. The van der Waals surface area contributed by atoms with Gasteiger partial charge in [0.2, 0.25) is 0 Å². The van der Waals surface area contributed by atoms with E-state index in [1.54, 1.807) is 14.1 Å². The lowest BCUT2D eigenvalue weighted by atomic mass is 10.1. The standard InChI is InChI=1S/C12H13N3O3/c1-4-7-13-10-6-5-9(12(16)14(2)3)8-11(10)15(17)18/h1,5-6,8,13H,7H2,2-3H3. The highest BCUT2D eigenvalue weighted by Gasteiger charge is 2.17. The molecule has 1 rings (SSSR count). The highest BCUT2D eigenvalue weighted by molar-refractivity contribution is 5.95. The quantitative estimate of drug-likeness (QED) is 0.495. The zero-order chi connectivity index (χ0) is 13.7. The molecule has 6 nitrogen and oxygen atoms in total. The van der Waals surface area contributed by atoms with Crippen molar-refractivity contribution >= 4 is 17.3 Å². The van der Waals surface area contributed by atoms with Gasteiger partial charge in [0.25, 0.3) is 11.6 Å². The third-order valence-corrected chi connectivity index (χ3v) is 2.23. The minimum atomic E-state index is -0.550. The highest BCUT2D eigenvalue weighted by Crippen LogP contribution is 2.25. The number of nitro benzene ring substituents is 1. The maximum atomic E-state index is 11.7. The molecule has 0 radical (unpaired) electrons. The summed E-state index contributed by atoms with van der Waals surface area (Å²) in [5.41, 5.74) is 0.393. The minimum absolute atomic E-state index is 0.169. The molecule has 0 spiro atoms. The molecule has 0 bridgehead atoms. The van der Waals surface area contributed by atoms with E-state index in [0.717, 1.165) is 0 Å². The fourth-order valence-electron chi connectivity index (χ4n) is 1.37. The van der Waals surface area contributed by atoms with Crippen LogP contribution in [0.25, 0.3) is 0 Å². The molecule has 0 saturated carbocycles. The number of hydrogen-bond donors (Lipinski definition) is 1. The molecule has 1 N–H and O–H groups in total. The van der Waals surface area contributed by atoms with E-state index in [2.05, 4.69) is 11.2 Å². The molecule has 0 aliphatic rings. The Hall–Kier alpha value is -2.55. The lowest BCUT2D eigenvalue weighted by molar-refractivity contribution is -0.384. The number of rotatable bonds is 4. The SMILES string of the molecule is C#CCNc1ccc(C(=O)N(C)C)cc1[N+](=O)[O-]. The van der Waals surface area contributed by atoms with E-state index >= 15 is 0 Å². The number of nitrogens with zero attached hydrogens (tertiary/aromatic N) is 2. The van der Waals surface area contributed by atoms with Crippen LogP contribution in [-0.2, 0) is 0 Å². The molecule has 1 amide bonds. The molecule has 0 unspecified atom stereocenters. The molecule has 0 heterocycles. The molecule has 0 aliphatic carbocycles. The van der Waals surface area contributed by atoms with Gasteiger partial charge in [0.15, 0.2) is 0 Å². The first-order chi connectivity index (χ1) is 8.47. The molecule has 6 heteroatoms. The van der Waals surface area contributed by atoms with Crippen LogP contribution in [0.3, 0.4) is 0 Å². The number of nitrogens with one attached hydrogen (secondary N) is 1. The van der Waals surface area contributed by atoms with Crippen LogP contribution in [-0.4, -0.2) is 36.4 Å². The number of anilines is 1. The van der Waals surface area contributed by atoms with E-state index in [4.69, 9.17) is 6.42 Å². The average molecular weight is 247 g/mol. The fourth-order valence-corrected chi connectivity index (χ4v) is 1.37. The van der Waals surface area contributed by atoms with Crippen molar-refractivity contribution in [3.63, 3.8) is 0 Å². The summed E-state index contributed by atoms with van der Waals surface area (Å²) in [7, 11) is 3.16. The van der Waals surface area contributed by atoms with Crippen LogP contribution < -0.4 is 5.32 Å². The Morgan fingerprint density at radius 3 is 2.72 bits per heavy atom. The van der Waals surface area contributed by atoms with Gasteiger partial charge >= 0.3 is 0 Å². The Balaban J connectivity index is 3.15. The molecule has 0 saturated heterocycles. The molecule has 0 aliphatic heterocycles. The number of benzene rings is 1. The highest BCUT2D eigenvalue weighted by atomic mass is 16.6. The van der Waals surface area contributed by atoms with Crippen LogP contribution in [0.1, 0.15) is 10.4 Å². The Kier molecular flexibility index (Phi) is 4.27. The van der Waals surface area contributed by atoms with Gasteiger partial charge in [-0.15, -0.1) is 6.42 Å². The molecule has 0 atom stereocenters. The van der Waals surface area contributed by atoms with Crippen molar-refractivity contribution < 1.29 is 9.72 Å². The minimum Gasteiger partial charge on any atom is -0.369 e. The van der Waals surface area contributed by atoms with Crippen molar-refractivity contribution in [2.45, 2.75) is 0 Å². The van der Waals surface area contributed by atoms with Gasteiger partial charge in [-0.1, -0.05) is 5.92 Å². The fraction of sp³-hybridized carbons (Fsp3) is 0.250. The van der Waals surface area contributed by atoms with Crippen LogP contribution in [0.4, 0.5) is 11.4 Å². The largest absolute Gasteiger partial charge is 0.369 e. The second kappa shape index (κ2) is 5.68. The number of carbonyl (C=O) groups excluding carboxylic acids is 1. The molecule has 1 aromatic carbocycles. The van der Waals surface area contributed by atoms with E-state index < -0.39 is 4.92 Å². The van der Waals surface area contributed by atoms with Gasteiger partial charge in [-0.2, -0.15) is 0 Å². The first-order valence-corrected chi connectivity index (χ1v) is 5.14. The van der Waals surface area contributed by atoms with Crippen molar-refractivity contribution in [3.05, 3.63) is 33.9 Å². The number of terminal acetylenes is 1. The summed E-state index contributed by atoms with van der Waals surface area (Å²) in [5.74, 6) is 2.04. The summed E-state index contributed by atoms with van der Waals surface area (Å²) in [6.45, 7) is 0.182. The predicted molar refractivity (Wildman–Crippen MR) is 68.4 cm³/mol. The zero-order valence-electron chi connectivity index (χ0n) is 10.1. The Bertz CT molecular complexity index is 518. The van der Waals surface area contributed by atoms with Crippen LogP contribution in [0, 0.1) is 22.5 Å². The van der Waals surface area contributed by atoms with Crippen LogP contribution >= 0.6 is 0 Å². The lowest BCUT2D eigenvalue weighted by Gasteiger charge is -2.11. The Morgan fingerprint density at radius 2 is 2.22 bits per heavy atom. The van der Waals surface area contributed by atoms with E-state index in [9.17, 15) is 14.9 Å². The molecule has 18 heavy (non-hydrogen) atoms. The Morgan fingerprint density at radius 1 is 1.56 bits per heavy atom. The summed E-state index contributed by atoms with van der Waals surface area (Å²) < 4.78 is 0. The summed E-state index contributed by atoms with van der Waals surface area (Å²) in [4.78, 5) is 23.4. The molecule has 94 valence electrons. The third-order valence-electron chi connectivity index (χ3n) is 2.23. The van der Waals surface area contributed by atoms with E-state index in [-0.39, 0.29) is 23.7 Å². The predicted octanol–water partition coefficient (Wildman–Crippen LogP) is 1.34. The normalized spacial score (nSPS) is 9.39. The maximum Gasteiger partial charge on any atom is 0.293 e. The van der Waals surface area contributed by atoms with Crippen molar-refractivity contribution in [1.82, 2.24) is 4.90 Å². The van der Waals surface area contributed by atoms with Crippen LogP contribution in [0.15, 0.2) is 18.2 Å².